The van der Waals surface area contributed by atoms with E-state index in [9.17, 15) is 9.00 Å². The molecule has 2 N–H and O–H groups in total. The minimum atomic E-state index is -3.17. The Balaban J connectivity index is 2.44. The molecule has 0 aliphatic heterocycles. The van der Waals surface area contributed by atoms with Gasteiger partial charge in [-0.05, 0) is 52.3 Å². The molecule has 1 atom stereocenters. The van der Waals surface area contributed by atoms with E-state index in [1.807, 2.05) is 0 Å². The Morgan fingerprint density at radius 2 is 1.74 bits per heavy atom. The summed E-state index contributed by atoms with van der Waals surface area (Å²) in [5.74, 6) is -1.06. The lowest BCUT2D eigenvalue weighted by Crippen LogP contribution is -2.02. The number of carboxylic acid groups (broad SMARTS) is 1. The molecular formula is C12H9BrN2O3S. The smallest absolute Gasteiger partial charge is 0.335 e. The zero-order chi connectivity index (χ0) is 14.0. The van der Waals surface area contributed by atoms with Crippen molar-refractivity contribution in [1.29, 1.82) is 4.78 Å². The first kappa shape index (κ1) is 13.7. The van der Waals surface area contributed by atoms with Gasteiger partial charge < -0.3 is 5.11 Å². The van der Waals surface area contributed by atoms with Gasteiger partial charge in [0.25, 0.3) is 0 Å². The van der Waals surface area contributed by atoms with Crippen LogP contribution in [0.1, 0.15) is 10.4 Å². The Kier molecular flexibility index (Phi) is 3.68. The molecule has 0 radical (unpaired) electrons. The highest BCUT2D eigenvalue weighted by molar-refractivity contribution is 9.10. The number of nitrogens with zero attached hydrogens (tertiary/aromatic N) is 1. The third-order valence-corrected chi connectivity index (χ3v) is 4.78. The quantitative estimate of drug-likeness (QED) is 0.840. The first-order valence-corrected chi connectivity index (χ1v) is 7.50. The number of halogens is 1. The van der Waals surface area contributed by atoms with Gasteiger partial charge in [-0.2, -0.15) is 0 Å². The van der Waals surface area contributed by atoms with E-state index in [1.54, 1.807) is 12.1 Å². The highest BCUT2D eigenvalue weighted by Gasteiger charge is 2.14. The van der Waals surface area contributed by atoms with Crippen LogP contribution < -0.4 is 0 Å². The monoisotopic (exact) mass is 340 g/mol. The molecule has 1 heterocycles. The van der Waals surface area contributed by atoms with Crippen LogP contribution in [-0.4, -0.2) is 20.3 Å². The fraction of sp³-hybridized carbons (Fsp3) is 0. The fourth-order valence-corrected chi connectivity index (χ4v) is 2.94. The van der Waals surface area contributed by atoms with Crippen LogP contribution in [0.15, 0.2) is 57.0 Å². The topological polar surface area (TPSA) is 91.1 Å². The predicted octanol–water partition coefficient (Wildman–Crippen LogP) is 3.01. The van der Waals surface area contributed by atoms with Crippen molar-refractivity contribution in [3.63, 3.8) is 0 Å². The molecule has 2 rings (SSSR count). The van der Waals surface area contributed by atoms with Gasteiger partial charge >= 0.3 is 5.97 Å². The lowest BCUT2D eigenvalue weighted by molar-refractivity contribution is 0.0697. The molecule has 0 saturated heterocycles. The molecule has 0 spiro atoms. The summed E-state index contributed by atoms with van der Waals surface area (Å²) in [6, 6.07) is 8.60. The number of carboxylic acids is 1. The van der Waals surface area contributed by atoms with E-state index in [0.717, 1.165) is 0 Å². The SMILES string of the molecule is N=S(=O)(c1ccc(C(=O)O)cc1)c1ccc(Br)nc1. The molecule has 1 aromatic heterocycles. The average Bonchev–Trinajstić information content (AvgIpc) is 2.39. The van der Waals surface area contributed by atoms with Crippen LogP contribution in [0, 0.1) is 4.78 Å². The summed E-state index contributed by atoms with van der Waals surface area (Å²) in [5, 5.41) is 8.79. The summed E-state index contributed by atoms with van der Waals surface area (Å²) < 4.78 is 21.0. The zero-order valence-corrected chi connectivity index (χ0v) is 11.9. The molecular weight excluding hydrogens is 332 g/mol. The van der Waals surface area contributed by atoms with Crippen molar-refractivity contribution in [3.05, 3.63) is 52.8 Å². The molecule has 0 bridgehead atoms. The fourth-order valence-electron chi connectivity index (χ4n) is 1.46. The minimum absolute atomic E-state index is 0.0906. The van der Waals surface area contributed by atoms with Crippen molar-refractivity contribution in [3.8, 4) is 0 Å². The molecule has 5 nitrogen and oxygen atoms in total. The summed E-state index contributed by atoms with van der Waals surface area (Å²) in [6.07, 6.45) is 1.37. The number of benzene rings is 1. The molecule has 98 valence electrons. The van der Waals surface area contributed by atoms with E-state index in [-0.39, 0.29) is 15.4 Å². The maximum atomic E-state index is 12.4. The lowest BCUT2D eigenvalue weighted by atomic mass is 10.2. The molecule has 0 saturated carbocycles. The first-order chi connectivity index (χ1) is 8.91. The first-order valence-electron chi connectivity index (χ1n) is 5.15. The Morgan fingerprint density at radius 3 is 2.21 bits per heavy atom. The number of hydrogen-bond acceptors (Lipinski definition) is 4. The number of carbonyl (C=O) groups is 1. The third kappa shape index (κ3) is 2.82. The normalized spacial score (nSPS) is 13.7. The standard InChI is InChI=1S/C12H9BrN2O3S/c13-11-6-5-10(7-15-11)19(14,18)9-3-1-8(2-4-9)12(16)17/h1-7,14H,(H,16,17). The van der Waals surface area contributed by atoms with Gasteiger partial charge in [0.1, 0.15) is 14.3 Å². The van der Waals surface area contributed by atoms with E-state index >= 15 is 0 Å². The predicted molar refractivity (Wildman–Crippen MR) is 72.7 cm³/mol. The Bertz CT molecular complexity index is 710. The molecule has 1 aromatic carbocycles. The van der Waals surface area contributed by atoms with Gasteiger partial charge in [0.05, 0.1) is 15.4 Å². The molecule has 2 aromatic rings. The van der Waals surface area contributed by atoms with E-state index in [2.05, 4.69) is 20.9 Å². The average molecular weight is 341 g/mol. The van der Waals surface area contributed by atoms with Crippen LogP contribution >= 0.6 is 15.9 Å². The van der Waals surface area contributed by atoms with Crippen LogP contribution in [0.4, 0.5) is 0 Å². The van der Waals surface area contributed by atoms with Crippen LogP contribution in [0.2, 0.25) is 0 Å². The van der Waals surface area contributed by atoms with Crippen molar-refractivity contribution >= 4 is 31.6 Å². The second-order valence-corrected chi connectivity index (χ2v) is 6.57. The van der Waals surface area contributed by atoms with Gasteiger partial charge in [0.15, 0.2) is 0 Å². The maximum absolute atomic E-state index is 12.4. The van der Waals surface area contributed by atoms with E-state index in [1.165, 1.54) is 30.5 Å². The molecule has 0 fully saturated rings. The van der Waals surface area contributed by atoms with E-state index < -0.39 is 15.7 Å². The molecule has 7 heteroatoms. The Hall–Kier alpha value is -1.73. The number of rotatable bonds is 3. The van der Waals surface area contributed by atoms with Gasteiger partial charge in [-0.3, -0.25) is 0 Å². The number of pyridine rings is 1. The summed E-state index contributed by atoms with van der Waals surface area (Å²) in [5.41, 5.74) is 0.0906. The second-order valence-electron chi connectivity index (χ2n) is 3.70. The van der Waals surface area contributed by atoms with Crippen molar-refractivity contribution < 1.29 is 14.1 Å². The van der Waals surface area contributed by atoms with Crippen molar-refractivity contribution in [1.82, 2.24) is 4.98 Å². The van der Waals surface area contributed by atoms with E-state index in [0.29, 0.717) is 4.60 Å². The van der Waals surface area contributed by atoms with Gasteiger partial charge in [0.2, 0.25) is 0 Å². The van der Waals surface area contributed by atoms with Crippen LogP contribution in [-0.2, 0) is 9.73 Å². The number of nitrogens with one attached hydrogen (secondary N) is 1. The summed E-state index contributed by atoms with van der Waals surface area (Å²) in [4.78, 5) is 15.2. The van der Waals surface area contributed by atoms with Crippen molar-refractivity contribution in [2.75, 3.05) is 0 Å². The van der Waals surface area contributed by atoms with Crippen LogP contribution in [0.25, 0.3) is 0 Å². The second kappa shape index (κ2) is 5.10. The van der Waals surface area contributed by atoms with E-state index in [4.69, 9.17) is 9.89 Å². The largest absolute Gasteiger partial charge is 0.478 e. The lowest BCUT2D eigenvalue weighted by Gasteiger charge is -2.07. The number of aromatic nitrogens is 1. The highest BCUT2D eigenvalue weighted by atomic mass is 79.9. The highest BCUT2D eigenvalue weighted by Crippen LogP contribution is 2.22. The summed E-state index contributed by atoms with van der Waals surface area (Å²) >= 11 is 3.16. The molecule has 0 aliphatic rings. The number of hydrogen-bond donors (Lipinski definition) is 2. The summed E-state index contributed by atoms with van der Waals surface area (Å²) in [6.45, 7) is 0. The molecule has 1 unspecified atom stereocenters. The molecule has 0 amide bonds. The Morgan fingerprint density at radius 1 is 1.16 bits per heavy atom. The van der Waals surface area contributed by atoms with Crippen molar-refractivity contribution in [2.24, 2.45) is 0 Å². The number of aromatic carboxylic acids is 1. The van der Waals surface area contributed by atoms with Crippen LogP contribution in [0.3, 0.4) is 0 Å². The van der Waals surface area contributed by atoms with Gasteiger partial charge in [0, 0.05) is 6.20 Å². The maximum Gasteiger partial charge on any atom is 0.335 e. The van der Waals surface area contributed by atoms with Gasteiger partial charge in [-0.15, -0.1) is 0 Å². The van der Waals surface area contributed by atoms with Gasteiger partial charge in [-0.1, -0.05) is 0 Å². The molecule has 0 aliphatic carbocycles. The third-order valence-electron chi connectivity index (χ3n) is 2.47. The zero-order valence-electron chi connectivity index (χ0n) is 9.54. The Labute approximate surface area is 118 Å². The minimum Gasteiger partial charge on any atom is -0.478 e. The van der Waals surface area contributed by atoms with Gasteiger partial charge in [-0.25, -0.2) is 18.8 Å². The van der Waals surface area contributed by atoms with Crippen molar-refractivity contribution in [2.45, 2.75) is 9.79 Å². The summed E-state index contributed by atoms with van der Waals surface area (Å²) in [7, 11) is -3.17. The molecule has 19 heavy (non-hydrogen) atoms. The van der Waals surface area contributed by atoms with Crippen LogP contribution in [0.5, 0.6) is 0 Å².